The van der Waals surface area contributed by atoms with Gasteiger partial charge in [-0.05, 0) is 69.6 Å². The number of rotatable bonds is 7. The first-order chi connectivity index (χ1) is 9.99. The lowest BCUT2D eigenvalue weighted by Gasteiger charge is -2.25. The molecule has 0 N–H and O–H groups in total. The summed E-state index contributed by atoms with van der Waals surface area (Å²) in [7, 11) is -3.61. The summed E-state index contributed by atoms with van der Waals surface area (Å²) in [6, 6.07) is 0. The standard InChI is InChI=1S/C15H23O5P/c1-4-18-21(17,19-5-2)20-15-10-13(11(3)16)9-12-7-6-8-14(12)15/h10,12H,4-9H2,1-3H3. The maximum atomic E-state index is 12.5. The van der Waals surface area contributed by atoms with E-state index in [2.05, 4.69) is 0 Å². The van der Waals surface area contributed by atoms with E-state index >= 15 is 0 Å². The molecule has 0 heterocycles. The third kappa shape index (κ3) is 3.85. The smallest absolute Gasteiger partial charge is 0.404 e. The fraction of sp³-hybridized carbons (Fsp3) is 0.667. The number of carbonyl (C=O) groups is 1. The van der Waals surface area contributed by atoms with Gasteiger partial charge in [0.1, 0.15) is 5.76 Å². The number of phosphoric acid groups is 1. The van der Waals surface area contributed by atoms with Crippen LogP contribution in [-0.2, 0) is 22.9 Å². The lowest BCUT2D eigenvalue weighted by molar-refractivity contribution is -0.113. The van der Waals surface area contributed by atoms with Gasteiger partial charge >= 0.3 is 7.82 Å². The van der Waals surface area contributed by atoms with Crippen LogP contribution in [0, 0.1) is 5.92 Å². The Balaban J connectivity index is 2.29. The van der Waals surface area contributed by atoms with Crippen LogP contribution in [-0.4, -0.2) is 19.0 Å². The molecule has 6 heteroatoms. The Kier molecular flexibility index (Phi) is 5.42. The molecule has 0 radical (unpaired) electrons. The number of hydrogen-bond donors (Lipinski definition) is 0. The van der Waals surface area contributed by atoms with Crippen molar-refractivity contribution >= 4 is 13.6 Å². The second-order valence-corrected chi connectivity index (χ2v) is 6.88. The van der Waals surface area contributed by atoms with Crippen LogP contribution in [0.1, 0.15) is 46.5 Å². The molecule has 0 saturated heterocycles. The van der Waals surface area contributed by atoms with Crippen LogP contribution in [0.5, 0.6) is 0 Å². The van der Waals surface area contributed by atoms with E-state index in [1.54, 1.807) is 26.8 Å². The molecular weight excluding hydrogens is 291 g/mol. The SMILES string of the molecule is CCOP(=O)(OCC)OC1=C2CCCC2CC(C(C)=O)=C1. The molecule has 0 aromatic rings. The van der Waals surface area contributed by atoms with E-state index in [0.29, 0.717) is 11.7 Å². The predicted octanol–water partition coefficient (Wildman–Crippen LogP) is 4.16. The maximum absolute atomic E-state index is 12.5. The van der Waals surface area contributed by atoms with Crippen molar-refractivity contribution in [2.75, 3.05) is 13.2 Å². The molecule has 5 nitrogen and oxygen atoms in total. The Morgan fingerprint density at radius 1 is 1.33 bits per heavy atom. The fourth-order valence-corrected chi connectivity index (χ4v) is 4.12. The third-order valence-electron chi connectivity index (χ3n) is 3.82. The van der Waals surface area contributed by atoms with Gasteiger partial charge in [-0.1, -0.05) is 0 Å². The van der Waals surface area contributed by atoms with Gasteiger partial charge in [0, 0.05) is 0 Å². The molecule has 0 aliphatic heterocycles. The zero-order valence-electron chi connectivity index (χ0n) is 12.9. The van der Waals surface area contributed by atoms with Crippen LogP contribution in [0.15, 0.2) is 23.0 Å². The molecule has 1 fully saturated rings. The molecule has 1 unspecified atom stereocenters. The Labute approximate surface area is 126 Å². The van der Waals surface area contributed by atoms with Crippen molar-refractivity contribution in [2.24, 2.45) is 5.92 Å². The number of allylic oxidation sites excluding steroid dienone is 3. The zero-order chi connectivity index (χ0) is 15.5. The molecule has 0 aromatic heterocycles. The van der Waals surface area contributed by atoms with Gasteiger partial charge in [-0.15, -0.1) is 0 Å². The first-order valence-corrected chi connectivity index (χ1v) is 8.98. The number of fused-ring (bicyclic) bond motifs is 1. The summed E-state index contributed by atoms with van der Waals surface area (Å²) in [5.74, 6) is 0.865. The number of Topliss-reactive ketones (excluding diaryl/α,β-unsaturated/α-hetero) is 1. The molecule has 2 aliphatic rings. The molecule has 0 aromatic carbocycles. The highest BCUT2D eigenvalue weighted by molar-refractivity contribution is 7.48. The van der Waals surface area contributed by atoms with E-state index in [-0.39, 0.29) is 19.0 Å². The van der Waals surface area contributed by atoms with Crippen molar-refractivity contribution in [1.82, 2.24) is 0 Å². The summed E-state index contributed by atoms with van der Waals surface area (Å²) in [6.45, 7) is 5.51. The number of ketones is 1. The normalized spacial score (nSPS) is 22.0. The average Bonchev–Trinajstić information content (AvgIpc) is 2.87. The molecule has 2 aliphatic carbocycles. The fourth-order valence-electron chi connectivity index (χ4n) is 2.90. The van der Waals surface area contributed by atoms with E-state index < -0.39 is 7.82 Å². The Bertz CT molecular complexity index is 510. The van der Waals surface area contributed by atoms with Crippen molar-refractivity contribution < 1.29 is 22.9 Å². The first-order valence-electron chi connectivity index (χ1n) is 7.52. The highest BCUT2D eigenvalue weighted by Crippen LogP contribution is 2.54. The molecule has 1 atom stereocenters. The topological polar surface area (TPSA) is 61.8 Å². The van der Waals surface area contributed by atoms with Crippen LogP contribution < -0.4 is 0 Å². The lowest BCUT2D eigenvalue weighted by atomic mass is 9.87. The highest BCUT2D eigenvalue weighted by atomic mass is 31.2. The second kappa shape index (κ2) is 6.91. The summed E-state index contributed by atoms with van der Waals surface area (Å²) in [4.78, 5) is 11.7. The number of phosphoric ester groups is 1. The van der Waals surface area contributed by atoms with Crippen LogP contribution in [0.25, 0.3) is 0 Å². The van der Waals surface area contributed by atoms with Gasteiger partial charge < -0.3 is 4.52 Å². The van der Waals surface area contributed by atoms with E-state index in [0.717, 1.165) is 36.8 Å². The van der Waals surface area contributed by atoms with Crippen molar-refractivity contribution in [3.63, 3.8) is 0 Å². The maximum Gasteiger partial charge on any atom is 0.530 e. The molecule has 118 valence electrons. The van der Waals surface area contributed by atoms with E-state index in [9.17, 15) is 9.36 Å². The minimum atomic E-state index is -3.61. The van der Waals surface area contributed by atoms with Crippen LogP contribution in [0.3, 0.4) is 0 Å². The monoisotopic (exact) mass is 314 g/mol. The van der Waals surface area contributed by atoms with Gasteiger partial charge in [0.25, 0.3) is 0 Å². The number of hydrogen-bond acceptors (Lipinski definition) is 5. The lowest BCUT2D eigenvalue weighted by Crippen LogP contribution is -2.13. The molecule has 21 heavy (non-hydrogen) atoms. The summed E-state index contributed by atoms with van der Waals surface area (Å²) in [5, 5.41) is 0. The molecule has 2 rings (SSSR count). The summed E-state index contributed by atoms with van der Waals surface area (Å²) >= 11 is 0. The largest absolute Gasteiger partial charge is 0.530 e. The van der Waals surface area contributed by atoms with Crippen LogP contribution in [0.2, 0.25) is 0 Å². The van der Waals surface area contributed by atoms with Gasteiger partial charge in [-0.2, -0.15) is 0 Å². The Morgan fingerprint density at radius 2 is 2.00 bits per heavy atom. The van der Waals surface area contributed by atoms with Crippen molar-refractivity contribution in [1.29, 1.82) is 0 Å². The first kappa shape index (κ1) is 16.5. The van der Waals surface area contributed by atoms with Crippen LogP contribution >= 0.6 is 7.82 Å². The van der Waals surface area contributed by atoms with Gasteiger partial charge in [0.05, 0.1) is 13.2 Å². The Hall–Kier alpha value is -0.900. The van der Waals surface area contributed by atoms with Crippen molar-refractivity contribution in [3.8, 4) is 0 Å². The van der Waals surface area contributed by atoms with Crippen molar-refractivity contribution in [2.45, 2.75) is 46.5 Å². The summed E-state index contributed by atoms with van der Waals surface area (Å²) in [5.41, 5.74) is 1.86. The minimum absolute atomic E-state index is 0.0321. The van der Waals surface area contributed by atoms with Gasteiger partial charge in [-0.25, -0.2) is 4.57 Å². The number of carbonyl (C=O) groups excluding carboxylic acids is 1. The summed E-state index contributed by atoms with van der Waals surface area (Å²) < 4.78 is 28.5. The minimum Gasteiger partial charge on any atom is -0.404 e. The van der Waals surface area contributed by atoms with Gasteiger partial charge in [0.15, 0.2) is 5.78 Å². The Morgan fingerprint density at radius 3 is 2.57 bits per heavy atom. The molecule has 0 spiro atoms. The van der Waals surface area contributed by atoms with E-state index in [4.69, 9.17) is 13.6 Å². The van der Waals surface area contributed by atoms with E-state index in [1.807, 2.05) is 0 Å². The third-order valence-corrected chi connectivity index (χ3v) is 5.39. The molecule has 1 saturated carbocycles. The second-order valence-electron chi connectivity index (χ2n) is 5.28. The van der Waals surface area contributed by atoms with Gasteiger partial charge in [-0.3, -0.25) is 13.8 Å². The zero-order valence-corrected chi connectivity index (χ0v) is 13.8. The molecule has 0 bridgehead atoms. The molecular formula is C15H23O5P. The summed E-state index contributed by atoms with van der Waals surface area (Å²) in [6.07, 6.45) is 5.50. The van der Waals surface area contributed by atoms with Gasteiger partial charge in [0.2, 0.25) is 0 Å². The highest BCUT2D eigenvalue weighted by Gasteiger charge is 2.35. The average molecular weight is 314 g/mol. The molecule has 0 amide bonds. The van der Waals surface area contributed by atoms with E-state index in [1.165, 1.54) is 0 Å². The van der Waals surface area contributed by atoms with Crippen LogP contribution in [0.4, 0.5) is 0 Å². The quantitative estimate of drug-likeness (QED) is 0.660. The predicted molar refractivity (Wildman–Crippen MR) is 79.7 cm³/mol. The van der Waals surface area contributed by atoms with Crippen molar-refractivity contribution in [3.05, 3.63) is 23.0 Å².